The summed E-state index contributed by atoms with van der Waals surface area (Å²) in [7, 11) is 1.90. The standard InChI is InChI=1S/C19H17N5O2/c1-24-10-9-20-18(24)17(13-6-3-2-4-7-13)21-19(25)15-12-14(22-23-15)16-8-5-11-26-16/h2-12,17H,1H3,(H,21,25)(H,22,23)/t17-/m1/s1. The number of H-pyrrole nitrogens is 1. The average molecular weight is 347 g/mol. The first-order chi connectivity index (χ1) is 12.7. The molecule has 130 valence electrons. The molecular weight excluding hydrogens is 330 g/mol. The first-order valence-corrected chi connectivity index (χ1v) is 8.14. The number of carbonyl (C=O) groups excluding carboxylic acids is 1. The second-order valence-corrected chi connectivity index (χ2v) is 5.86. The molecule has 2 N–H and O–H groups in total. The molecular formula is C19H17N5O2. The number of carbonyl (C=O) groups is 1. The SMILES string of the molecule is Cn1ccnc1[C@H](NC(=O)c1cc(-c2ccco2)[nH]n1)c1ccccc1. The minimum Gasteiger partial charge on any atom is -0.463 e. The Morgan fingerprint density at radius 1 is 1.23 bits per heavy atom. The summed E-state index contributed by atoms with van der Waals surface area (Å²) in [5.41, 5.74) is 1.87. The van der Waals surface area contributed by atoms with Gasteiger partial charge in [0.2, 0.25) is 0 Å². The Kier molecular flexibility index (Phi) is 4.10. The summed E-state index contributed by atoms with van der Waals surface area (Å²) in [4.78, 5) is 17.1. The number of aromatic nitrogens is 4. The van der Waals surface area contributed by atoms with Gasteiger partial charge in [-0.2, -0.15) is 5.10 Å². The number of nitrogens with zero attached hydrogens (tertiary/aromatic N) is 3. The third kappa shape index (κ3) is 3.02. The maximum absolute atomic E-state index is 12.8. The van der Waals surface area contributed by atoms with Crippen molar-refractivity contribution in [3.8, 4) is 11.5 Å². The summed E-state index contributed by atoms with van der Waals surface area (Å²) in [6, 6.07) is 14.6. The van der Waals surface area contributed by atoms with Gasteiger partial charge in [-0.15, -0.1) is 0 Å². The highest BCUT2D eigenvalue weighted by Gasteiger charge is 2.22. The van der Waals surface area contributed by atoms with Crippen LogP contribution in [0.3, 0.4) is 0 Å². The van der Waals surface area contributed by atoms with E-state index in [0.29, 0.717) is 11.5 Å². The van der Waals surface area contributed by atoms with E-state index in [1.807, 2.05) is 48.1 Å². The van der Waals surface area contributed by atoms with E-state index in [0.717, 1.165) is 11.4 Å². The summed E-state index contributed by atoms with van der Waals surface area (Å²) < 4.78 is 7.21. The van der Waals surface area contributed by atoms with Gasteiger partial charge in [-0.25, -0.2) is 4.98 Å². The number of furan rings is 1. The topological polar surface area (TPSA) is 88.7 Å². The Labute approximate surface area is 149 Å². The lowest BCUT2D eigenvalue weighted by atomic mass is 10.1. The number of imidazole rings is 1. The molecule has 0 aliphatic rings. The molecule has 3 aromatic heterocycles. The lowest BCUT2D eigenvalue weighted by molar-refractivity contribution is 0.0936. The van der Waals surface area contributed by atoms with E-state index >= 15 is 0 Å². The predicted octanol–water partition coefficient (Wildman–Crippen LogP) is 2.92. The van der Waals surface area contributed by atoms with Gasteiger partial charge in [0.05, 0.1) is 6.26 Å². The van der Waals surface area contributed by atoms with Crippen molar-refractivity contribution in [1.82, 2.24) is 25.1 Å². The fraction of sp³-hybridized carbons (Fsp3) is 0.105. The summed E-state index contributed by atoms with van der Waals surface area (Å²) in [5.74, 6) is 1.07. The van der Waals surface area contributed by atoms with E-state index < -0.39 is 0 Å². The van der Waals surface area contributed by atoms with E-state index in [1.165, 1.54) is 0 Å². The zero-order valence-corrected chi connectivity index (χ0v) is 14.1. The van der Waals surface area contributed by atoms with Crippen molar-refractivity contribution in [2.75, 3.05) is 0 Å². The predicted molar refractivity (Wildman–Crippen MR) is 95.2 cm³/mol. The first-order valence-electron chi connectivity index (χ1n) is 8.14. The van der Waals surface area contributed by atoms with E-state index in [-0.39, 0.29) is 17.6 Å². The highest BCUT2D eigenvalue weighted by atomic mass is 16.3. The monoisotopic (exact) mass is 347 g/mol. The van der Waals surface area contributed by atoms with Gasteiger partial charge < -0.3 is 14.3 Å². The van der Waals surface area contributed by atoms with Gasteiger partial charge in [0.15, 0.2) is 11.5 Å². The van der Waals surface area contributed by atoms with Gasteiger partial charge >= 0.3 is 0 Å². The summed E-state index contributed by atoms with van der Waals surface area (Å²) in [6.45, 7) is 0. The molecule has 7 heteroatoms. The van der Waals surface area contributed by atoms with Gasteiger partial charge in [0.1, 0.15) is 17.6 Å². The molecule has 0 unspecified atom stereocenters. The van der Waals surface area contributed by atoms with Crippen LogP contribution >= 0.6 is 0 Å². The van der Waals surface area contributed by atoms with Crippen molar-refractivity contribution in [2.45, 2.75) is 6.04 Å². The van der Waals surface area contributed by atoms with Crippen LogP contribution in [-0.2, 0) is 7.05 Å². The third-order valence-corrected chi connectivity index (χ3v) is 4.12. The molecule has 0 fully saturated rings. The molecule has 0 aliphatic heterocycles. The number of benzene rings is 1. The fourth-order valence-electron chi connectivity index (χ4n) is 2.80. The maximum atomic E-state index is 12.8. The Balaban J connectivity index is 1.62. The second-order valence-electron chi connectivity index (χ2n) is 5.86. The molecule has 4 aromatic rings. The Morgan fingerprint density at radius 2 is 2.08 bits per heavy atom. The molecule has 4 rings (SSSR count). The van der Waals surface area contributed by atoms with Crippen LogP contribution in [0.4, 0.5) is 0 Å². The van der Waals surface area contributed by atoms with Crippen LogP contribution in [0.25, 0.3) is 11.5 Å². The molecule has 0 saturated heterocycles. The van der Waals surface area contributed by atoms with Crippen molar-refractivity contribution < 1.29 is 9.21 Å². The van der Waals surface area contributed by atoms with Crippen molar-refractivity contribution >= 4 is 5.91 Å². The van der Waals surface area contributed by atoms with E-state index in [2.05, 4.69) is 20.5 Å². The number of amides is 1. The summed E-state index contributed by atoms with van der Waals surface area (Å²) >= 11 is 0. The van der Waals surface area contributed by atoms with Crippen LogP contribution in [0.1, 0.15) is 27.9 Å². The van der Waals surface area contributed by atoms with Crippen LogP contribution in [0.15, 0.2) is 71.6 Å². The van der Waals surface area contributed by atoms with Gasteiger partial charge in [-0.3, -0.25) is 9.89 Å². The molecule has 0 spiro atoms. The van der Waals surface area contributed by atoms with Crippen LogP contribution in [0.2, 0.25) is 0 Å². The highest BCUT2D eigenvalue weighted by Crippen LogP contribution is 2.22. The average Bonchev–Trinajstić information content (AvgIpc) is 3.41. The van der Waals surface area contributed by atoms with Crippen molar-refractivity contribution in [1.29, 1.82) is 0 Å². The number of rotatable bonds is 5. The minimum atomic E-state index is -0.382. The van der Waals surface area contributed by atoms with Gasteiger partial charge in [0.25, 0.3) is 5.91 Å². The number of aryl methyl sites for hydroxylation is 1. The Hall–Kier alpha value is -3.61. The quantitative estimate of drug-likeness (QED) is 0.581. The molecule has 3 heterocycles. The zero-order valence-electron chi connectivity index (χ0n) is 14.1. The second kappa shape index (κ2) is 6.72. The van der Waals surface area contributed by atoms with Crippen molar-refractivity contribution in [3.63, 3.8) is 0 Å². The van der Waals surface area contributed by atoms with Crippen LogP contribution in [0.5, 0.6) is 0 Å². The maximum Gasteiger partial charge on any atom is 0.272 e. The molecule has 0 radical (unpaired) electrons. The molecule has 7 nitrogen and oxygen atoms in total. The van der Waals surface area contributed by atoms with Gasteiger partial charge in [0, 0.05) is 25.5 Å². The molecule has 26 heavy (non-hydrogen) atoms. The lowest BCUT2D eigenvalue weighted by Crippen LogP contribution is -2.31. The molecule has 1 amide bonds. The van der Waals surface area contributed by atoms with Gasteiger partial charge in [-0.05, 0) is 17.7 Å². The molecule has 0 bridgehead atoms. The van der Waals surface area contributed by atoms with E-state index in [4.69, 9.17) is 4.42 Å². The molecule has 0 aliphatic carbocycles. The Bertz CT molecular complexity index is 1000. The minimum absolute atomic E-state index is 0.284. The van der Waals surface area contributed by atoms with Crippen molar-refractivity contribution in [2.24, 2.45) is 7.05 Å². The van der Waals surface area contributed by atoms with E-state index in [9.17, 15) is 4.79 Å². The summed E-state index contributed by atoms with van der Waals surface area (Å²) in [5, 5.41) is 9.94. The normalized spacial score (nSPS) is 12.0. The number of hydrogen-bond donors (Lipinski definition) is 2. The Morgan fingerprint density at radius 3 is 2.77 bits per heavy atom. The highest BCUT2D eigenvalue weighted by molar-refractivity contribution is 5.93. The molecule has 1 atom stereocenters. The molecule has 1 aromatic carbocycles. The van der Waals surface area contributed by atoms with Crippen LogP contribution in [0, 0.1) is 0 Å². The van der Waals surface area contributed by atoms with Crippen LogP contribution < -0.4 is 5.32 Å². The lowest BCUT2D eigenvalue weighted by Gasteiger charge is -2.18. The number of hydrogen-bond acceptors (Lipinski definition) is 4. The summed E-state index contributed by atoms with van der Waals surface area (Å²) in [6.07, 6.45) is 5.13. The zero-order chi connectivity index (χ0) is 17.9. The number of nitrogens with one attached hydrogen (secondary N) is 2. The van der Waals surface area contributed by atoms with E-state index in [1.54, 1.807) is 30.7 Å². The smallest absolute Gasteiger partial charge is 0.272 e. The third-order valence-electron chi connectivity index (χ3n) is 4.12. The number of aromatic amines is 1. The molecule has 0 saturated carbocycles. The largest absolute Gasteiger partial charge is 0.463 e. The van der Waals surface area contributed by atoms with Crippen LogP contribution in [-0.4, -0.2) is 25.7 Å². The van der Waals surface area contributed by atoms with Gasteiger partial charge in [-0.1, -0.05) is 30.3 Å². The first kappa shape index (κ1) is 15.9. The fourth-order valence-corrected chi connectivity index (χ4v) is 2.80. The van der Waals surface area contributed by atoms with Crippen molar-refractivity contribution in [3.05, 3.63) is 84.3 Å².